The lowest BCUT2D eigenvalue weighted by Crippen LogP contribution is -2.43. The molecule has 1 atom stereocenters. The highest BCUT2D eigenvalue weighted by atomic mass is 16.6. The smallest absolute Gasteiger partial charge is 0.328 e. The van der Waals surface area contributed by atoms with Crippen LogP contribution in [0.25, 0.3) is 0 Å². The standard InChI is InChI=1S/C14H20N4O7/c1-8-13(18(22)23)9(2)17(16-8)6-5-11(19)15-10(14(21)25-4)7-12(20)24-3/h10H,5-7H2,1-4H3,(H,15,19)/t10-/m0/s1. The molecule has 0 saturated heterocycles. The van der Waals surface area contributed by atoms with Gasteiger partial charge in [0, 0.05) is 6.42 Å². The number of amides is 1. The highest BCUT2D eigenvalue weighted by Gasteiger charge is 2.26. The van der Waals surface area contributed by atoms with Crippen LogP contribution >= 0.6 is 0 Å². The zero-order valence-corrected chi connectivity index (χ0v) is 14.4. The van der Waals surface area contributed by atoms with Crippen LogP contribution in [0, 0.1) is 24.0 Å². The van der Waals surface area contributed by atoms with Gasteiger partial charge in [0.05, 0.1) is 32.1 Å². The number of nitrogens with zero attached hydrogens (tertiary/aromatic N) is 3. The van der Waals surface area contributed by atoms with Crippen LogP contribution in [0.15, 0.2) is 0 Å². The Balaban J connectivity index is 2.72. The molecule has 0 aliphatic heterocycles. The van der Waals surface area contributed by atoms with E-state index in [1.165, 1.54) is 18.5 Å². The largest absolute Gasteiger partial charge is 0.469 e. The van der Waals surface area contributed by atoms with Gasteiger partial charge >= 0.3 is 17.6 Å². The van der Waals surface area contributed by atoms with Crippen molar-refractivity contribution in [3.8, 4) is 0 Å². The second kappa shape index (κ2) is 8.76. The minimum Gasteiger partial charge on any atom is -0.469 e. The number of methoxy groups -OCH3 is 2. The number of aromatic nitrogens is 2. The SMILES string of the molecule is COC(=O)C[C@H](NC(=O)CCn1nc(C)c([N+](=O)[O-])c1C)C(=O)OC. The van der Waals surface area contributed by atoms with E-state index in [0.29, 0.717) is 5.69 Å². The molecule has 0 saturated carbocycles. The van der Waals surface area contributed by atoms with Crippen LogP contribution in [0.4, 0.5) is 5.69 Å². The second-order valence-corrected chi connectivity index (χ2v) is 5.17. The van der Waals surface area contributed by atoms with Gasteiger partial charge in [-0.1, -0.05) is 0 Å². The van der Waals surface area contributed by atoms with Crippen LogP contribution in [0.1, 0.15) is 24.2 Å². The first-order chi connectivity index (χ1) is 11.7. The number of nitrogens with one attached hydrogen (secondary N) is 1. The van der Waals surface area contributed by atoms with Gasteiger partial charge in [-0.05, 0) is 13.8 Å². The fraction of sp³-hybridized carbons (Fsp3) is 0.571. The Labute approximate surface area is 143 Å². The Morgan fingerprint density at radius 1 is 1.28 bits per heavy atom. The highest BCUT2D eigenvalue weighted by molar-refractivity contribution is 5.87. The summed E-state index contributed by atoms with van der Waals surface area (Å²) in [5.41, 5.74) is 0.481. The molecule has 0 aromatic carbocycles. The van der Waals surface area contributed by atoms with Gasteiger partial charge in [-0.2, -0.15) is 5.10 Å². The lowest BCUT2D eigenvalue weighted by atomic mass is 10.2. The first-order valence-electron chi connectivity index (χ1n) is 7.33. The number of hydrogen-bond donors (Lipinski definition) is 1. The summed E-state index contributed by atoms with van der Waals surface area (Å²) in [6.07, 6.45) is -0.450. The van der Waals surface area contributed by atoms with Crippen molar-refractivity contribution in [3.05, 3.63) is 21.5 Å². The molecule has 0 radical (unpaired) electrons. The summed E-state index contributed by atoms with van der Waals surface area (Å²) in [5, 5.41) is 17.4. The van der Waals surface area contributed by atoms with Crippen LogP contribution in [0.5, 0.6) is 0 Å². The van der Waals surface area contributed by atoms with E-state index in [9.17, 15) is 24.5 Å². The predicted molar refractivity (Wildman–Crippen MR) is 83.6 cm³/mol. The number of aryl methyl sites for hydroxylation is 2. The van der Waals surface area contributed by atoms with Gasteiger partial charge in [0.15, 0.2) is 0 Å². The maximum Gasteiger partial charge on any atom is 0.328 e. The number of nitro groups is 1. The lowest BCUT2D eigenvalue weighted by Gasteiger charge is -2.15. The Morgan fingerprint density at radius 2 is 1.92 bits per heavy atom. The van der Waals surface area contributed by atoms with Crippen LogP contribution in [0.2, 0.25) is 0 Å². The van der Waals surface area contributed by atoms with E-state index in [4.69, 9.17) is 0 Å². The molecule has 11 heteroatoms. The third-order valence-corrected chi connectivity index (χ3v) is 3.50. The molecule has 1 aromatic rings. The van der Waals surface area contributed by atoms with E-state index in [2.05, 4.69) is 19.9 Å². The third kappa shape index (κ3) is 5.26. The molecule has 1 N–H and O–H groups in total. The summed E-state index contributed by atoms with van der Waals surface area (Å²) in [4.78, 5) is 45.3. The van der Waals surface area contributed by atoms with E-state index in [1.54, 1.807) is 0 Å². The summed E-state index contributed by atoms with van der Waals surface area (Å²) in [7, 11) is 2.29. The van der Waals surface area contributed by atoms with Crippen molar-refractivity contribution < 1.29 is 28.8 Å². The molecule has 1 rings (SSSR count). The number of hydrogen-bond acceptors (Lipinski definition) is 8. The summed E-state index contributed by atoms with van der Waals surface area (Å²) in [6, 6.07) is -1.17. The van der Waals surface area contributed by atoms with Gasteiger partial charge in [-0.25, -0.2) is 4.79 Å². The van der Waals surface area contributed by atoms with Gasteiger partial charge in [-0.15, -0.1) is 0 Å². The molecule has 11 nitrogen and oxygen atoms in total. The van der Waals surface area contributed by atoms with Crippen molar-refractivity contribution in [2.75, 3.05) is 14.2 Å². The Hall–Kier alpha value is -2.98. The molecule has 0 aliphatic carbocycles. The molecule has 1 amide bonds. The van der Waals surface area contributed by atoms with Crippen molar-refractivity contribution in [1.29, 1.82) is 0 Å². The fourth-order valence-electron chi connectivity index (χ4n) is 2.23. The number of carbonyl (C=O) groups is 3. The van der Waals surface area contributed by atoms with Gasteiger partial charge < -0.3 is 14.8 Å². The zero-order chi connectivity index (χ0) is 19.1. The van der Waals surface area contributed by atoms with E-state index in [0.717, 1.165) is 14.2 Å². The third-order valence-electron chi connectivity index (χ3n) is 3.50. The predicted octanol–water partition coefficient (Wildman–Crippen LogP) is 0.0191. The number of rotatable bonds is 8. The van der Waals surface area contributed by atoms with Gasteiger partial charge in [-0.3, -0.25) is 24.4 Å². The molecule has 138 valence electrons. The van der Waals surface area contributed by atoms with E-state index in [-0.39, 0.29) is 30.8 Å². The Bertz CT molecular complexity index is 683. The van der Waals surface area contributed by atoms with E-state index < -0.39 is 28.8 Å². The number of ether oxygens (including phenoxy) is 2. The summed E-state index contributed by atoms with van der Waals surface area (Å²) in [5.74, 6) is -1.99. The fourth-order valence-corrected chi connectivity index (χ4v) is 2.23. The van der Waals surface area contributed by atoms with Crippen molar-refractivity contribution >= 4 is 23.5 Å². The molecule has 1 aromatic heterocycles. The van der Waals surface area contributed by atoms with Gasteiger partial charge in [0.2, 0.25) is 5.91 Å². The topological polar surface area (TPSA) is 143 Å². The van der Waals surface area contributed by atoms with Crippen molar-refractivity contribution in [1.82, 2.24) is 15.1 Å². The highest BCUT2D eigenvalue weighted by Crippen LogP contribution is 2.21. The molecule has 25 heavy (non-hydrogen) atoms. The minimum atomic E-state index is -1.17. The Morgan fingerprint density at radius 3 is 2.40 bits per heavy atom. The first-order valence-corrected chi connectivity index (χ1v) is 7.33. The molecular formula is C14H20N4O7. The molecule has 0 spiro atoms. The average Bonchev–Trinajstić information content (AvgIpc) is 2.85. The molecule has 0 bridgehead atoms. The maximum absolute atomic E-state index is 12.0. The van der Waals surface area contributed by atoms with Crippen LogP contribution in [-0.4, -0.2) is 52.8 Å². The number of carbonyl (C=O) groups excluding carboxylic acids is 3. The maximum atomic E-state index is 12.0. The van der Waals surface area contributed by atoms with Crippen LogP contribution in [-0.2, 0) is 30.4 Å². The molecule has 1 heterocycles. The summed E-state index contributed by atoms with van der Waals surface area (Å²) < 4.78 is 10.3. The summed E-state index contributed by atoms with van der Waals surface area (Å²) >= 11 is 0. The summed E-state index contributed by atoms with van der Waals surface area (Å²) in [6.45, 7) is 3.12. The minimum absolute atomic E-state index is 0.0818. The van der Waals surface area contributed by atoms with Crippen molar-refractivity contribution in [2.24, 2.45) is 0 Å². The quantitative estimate of drug-likeness (QED) is 0.390. The average molecular weight is 356 g/mol. The monoisotopic (exact) mass is 356 g/mol. The van der Waals surface area contributed by atoms with Gasteiger partial charge in [0.25, 0.3) is 0 Å². The van der Waals surface area contributed by atoms with Crippen LogP contribution in [0.3, 0.4) is 0 Å². The zero-order valence-electron chi connectivity index (χ0n) is 14.4. The molecule has 0 unspecified atom stereocenters. The first kappa shape index (κ1) is 20.1. The van der Waals surface area contributed by atoms with Crippen molar-refractivity contribution in [3.63, 3.8) is 0 Å². The van der Waals surface area contributed by atoms with E-state index in [1.807, 2.05) is 0 Å². The molecular weight excluding hydrogens is 336 g/mol. The Kier molecular flexibility index (Phi) is 7.03. The molecule has 0 aliphatic rings. The van der Waals surface area contributed by atoms with E-state index >= 15 is 0 Å². The second-order valence-electron chi connectivity index (χ2n) is 5.17. The van der Waals surface area contributed by atoms with Crippen LogP contribution < -0.4 is 5.32 Å². The number of esters is 2. The molecule has 0 fully saturated rings. The normalized spacial score (nSPS) is 11.5. The van der Waals surface area contributed by atoms with Crippen molar-refractivity contribution in [2.45, 2.75) is 39.3 Å². The van der Waals surface area contributed by atoms with Gasteiger partial charge in [0.1, 0.15) is 17.4 Å². The lowest BCUT2D eigenvalue weighted by molar-refractivity contribution is -0.386.